The Morgan fingerprint density at radius 3 is 2.96 bits per heavy atom. The van der Waals surface area contributed by atoms with Crippen LogP contribution in [-0.4, -0.2) is 33.9 Å². The summed E-state index contributed by atoms with van der Waals surface area (Å²) >= 11 is 1.31. The molecule has 1 amide bonds. The number of carbonyl (C=O) groups excluding carboxylic acids is 1. The van der Waals surface area contributed by atoms with Crippen LogP contribution in [0, 0.1) is 11.3 Å². The molecule has 26 heavy (non-hydrogen) atoms. The standard InChI is InChI=1S/C18H17N5O2S/c1-11(16(24)22-18-12(9-19)7-8-26-18)23(2)10-15-20-14-6-4-3-5-13(14)17(25)21-15/h3-8,11H,10H2,1-2H3,(H,22,24)(H,20,21,25)/t11-/m0/s1. The maximum absolute atomic E-state index is 12.4. The number of para-hydroxylation sites is 1. The van der Waals surface area contributed by atoms with E-state index in [-0.39, 0.29) is 11.5 Å². The molecular formula is C18H17N5O2S. The topological polar surface area (TPSA) is 102 Å². The van der Waals surface area contributed by atoms with Crippen molar-refractivity contribution in [3.8, 4) is 6.07 Å². The lowest BCUT2D eigenvalue weighted by Gasteiger charge is -2.23. The second-order valence-corrected chi connectivity index (χ2v) is 6.80. The summed E-state index contributed by atoms with van der Waals surface area (Å²) in [4.78, 5) is 33.6. The molecule has 0 spiro atoms. The fraction of sp³-hybridized carbons (Fsp3) is 0.222. The van der Waals surface area contributed by atoms with Crippen LogP contribution in [0.4, 0.5) is 5.00 Å². The molecule has 0 saturated carbocycles. The van der Waals surface area contributed by atoms with E-state index >= 15 is 0 Å². The van der Waals surface area contributed by atoms with E-state index in [1.54, 1.807) is 48.5 Å². The van der Waals surface area contributed by atoms with E-state index in [0.717, 1.165) is 0 Å². The molecule has 0 aliphatic carbocycles. The number of rotatable bonds is 5. The number of hydrogen-bond donors (Lipinski definition) is 2. The molecule has 2 N–H and O–H groups in total. The first-order chi connectivity index (χ1) is 12.5. The minimum absolute atomic E-state index is 0.201. The minimum atomic E-state index is -0.472. The number of benzene rings is 1. The maximum atomic E-state index is 12.4. The number of H-pyrrole nitrogens is 1. The summed E-state index contributed by atoms with van der Waals surface area (Å²) < 4.78 is 0. The van der Waals surface area contributed by atoms with Crippen molar-refractivity contribution in [3.05, 3.63) is 57.5 Å². The number of carbonyl (C=O) groups is 1. The summed E-state index contributed by atoms with van der Waals surface area (Å²) in [5.74, 6) is 0.263. The number of fused-ring (bicyclic) bond motifs is 1. The Balaban J connectivity index is 1.73. The number of thiophene rings is 1. The van der Waals surface area contributed by atoms with Crippen molar-refractivity contribution in [2.75, 3.05) is 12.4 Å². The van der Waals surface area contributed by atoms with Crippen LogP contribution >= 0.6 is 11.3 Å². The van der Waals surface area contributed by atoms with Crippen molar-refractivity contribution in [1.29, 1.82) is 5.26 Å². The molecule has 1 atom stereocenters. The van der Waals surface area contributed by atoms with Gasteiger partial charge in [-0.05, 0) is 37.6 Å². The second kappa shape index (κ2) is 7.47. The van der Waals surface area contributed by atoms with Gasteiger partial charge in [-0.15, -0.1) is 11.3 Å². The molecule has 0 aliphatic heterocycles. The predicted molar refractivity (Wildman–Crippen MR) is 101 cm³/mol. The fourth-order valence-corrected chi connectivity index (χ4v) is 3.23. The molecule has 1 aromatic carbocycles. The van der Waals surface area contributed by atoms with Gasteiger partial charge < -0.3 is 10.3 Å². The molecule has 0 unspecified atom stereocenters. The number of amides is 1. The van der Waals surface area contributed by atoms with Crippen LogP contribution in [0.1, 0.15) is 18.3 Å². The molecule has 7 nitrogen and oxygen atoms in total. The Kier molecular flexibility index (Phi) is 5.11. The number of nitrogens with one attached hydrogen (secondary N) is 2. The smallest absolute Gasteiger partial charge is 0.258 e. The first-order valence-corrected chi connectivity index (χ1v) is 8.84. The molecule has 0 aliphatic rings. The van der Waals surface area contributed by atoms with E-state index in [4.69, 9.17) is 5.26 Å². The molecule has 132 valence electrons. The normalized spacial score (nSPS) is 12.1. The number of hydrogen-bond acceptors (Lipinski definition) is 6. The number of nitrogens with zero attached hydrogens (tertiary/aromatic N) is 3. The van der Waals surface area contributed by atoms with Gasteiger partial charge >= 0.3 is 0 Å². The molecule has 2 aromatic heterocycles. The van der Waals surface area contributed by atoms with E-state index in [9.17, 15) is 9.59 Å². The molecule has 3 aromatic rings. The van der Waals surface area contributed by atoms with E-state index in [0.29, 0.717) is 33.8 Å². The minimum Gasteiger partial charge on any atom is -0.315 e. The monoisotopic (exact) mass is 367 g/mol. The van der Waals surface area contributed by atoms with Crippen molar-refractivity contribution in [2.24, 2.45) is 0 Å². The van der Waals surface area contributed by atoms with Gasteiger partial charge in [-0.25, -0.2) is 4.98 Å². The van der Waals surface area contributed by atoms with Gasteiger partial charge in [-0.2, -0.15) is 5.26 Å². The van der Waals surface area contributed by atoms with E-state index in [1.807, 2.05) is 12.1 Å². The van der Waals surface area contributed by atoms with Gasteiger partial charge in [0.25, 0.3) is 5.56 Å². The van der Waals surface area contributed by atoms with E-state index in [2.05, 4.69) is 15.3 Å². The lowest BCUT2D eigenvalue weighted by Crippen LogP contribution is -2.39. The van der Waals surface area contributed by atoms with Crippen molar-refractivity contribution in [3.63, 3.8) is 0 Å². The van der Waals surface area contributed by atoms with Crippen LogP contribution in [0.3, 0.4) is 0 Å². The number of anilines is 1. The Labute approximate surface area is 153 Å². The third-order valence-corrected chi connectivity index (χ3v) is 4.95. The zero-order chi connectivity index (χ0) is 18.7. The molecule has 0 radical (unpaired) electrons. The largest absolute Gasteiger partial charge is 0.315 e. The Morgan fingerprint density at radius 1 is 1.42 bits per heavy atom. The molecule has 8 heteroatoms. The number of likely N-dealkylation sites (N-methyl/N-ethyl adjacent to an activating group) is 1. The predicted octanol–water partition coefficient (Wildman–Crippen LogP) is 2.32. The van der Waals surface area contributed by atoms with Crippen LogP contribution in [0.25, 0.3) is 10.9 Å². The molecule has 2 heterocycles. The number of aromatic nitrogens is 2. The molecule has 0 fully saturated rings. The van der Waals surface area contributed by atoms with Crippen LogP contribution < -0.4 is 10.9 Å². The first kappa shape index (κ1) is 17.8. The van der Waals surface area contributed by atoms with Crippen molar-refractivity contribution in [1.82, 2.24) is 14.9 Å². The Morgan fingerprint density at radius 2 is 2.19 bits per heavy atom. The van der Waals surface area contributed by atoms with Gasteiger partial charge in [0, 0.05) is 0 Å². The van der Waals surface area contributed by atoms with E-state index < -0.39 is 6.04 Å². The third kappa shape index (κ3) is 3.64. The highest BCUT2D eigenvalue weighted by Gasteiger charge is 2.20. The van der Waals surface area contributed by atoms with Gasteiger partial charge in [-0.3, -0.25) is 14.5 Å². The van der Waals surface area contributed by atoms with Crippen molar-refractivity contribution >= 4 is 33.1 Å². The zero-order valence-corrected chi connectivity index (χ0v) is 15.1. The summed E-state index contributed by atoms with van der Waals surface area (Å²) in [5.41, 5.74) is 0.862. The lowest BCUT2D eigenvalue weighted by atomic mass is 10.2. The van der Waals surface area contributed by atoms with Crippen molar-refractivity contribution in [2.45, 2.75) is 19.5 Å². The Hall–Kier alpha value is -3.02. The summed E-state index contributed by atoms with van der Waals surface area (Å²) in [5, 5.41) is 14.6. The average molecular weight is 367 g/mol. The van der Waals surface area contributed by atoms with Gasteiger partial charge in [0.05, 0.1) is 29.1 Å². The van der Waals surface area contributed by atoms with Crippen LogP contribution in [0.5, 0.6) is 0 Å². The number of aromatic amines is 1. The van der Waals surface area contributed by atoms with Gasteiger partial charge in [0.1, 0.15) is 16.9 Å². The quantitative estimate of drug-likeness (QED) is 0.720. The molecular weight excluding hydrogens is 350 g/mol. The zero-order valence-electron chi connectivity index (χ0n) is 14.3. The van der Waals surface area contributed by atoms with Gasteiger partial charge in [0.15, 0.2) is 0 Å². The highest BCUT2D eigenvalue weighted by atomic mass is 32.1. The summed E-state index contributed by atoms with van der Waals surface area (Å²) in [7, 11) is 1.78. The van der Waals surface area contributed by atoms with Crippen LogP contribution in [0.2, 0.25) is 0 Å². The van der Waals surface area contributed by atoms with Gasteiger partial charge in [0.2, 0.25) is 5.91 Å². The average Bonchev–Trinajstić information content (AvgIpc) is 3.08. The summed E-state index contributed by atoms with van der Waals surface area (Å²) in [6.07, 6.45) is 0. The Bertz CT molecular complexity index is 1050. The van der Waals surface area contributed by atoms with Crippen molar-refractivity contribution < 1.29 is 4.79 Å². The third-order valence-electron chi connectivity index (χ3n) is 4.12. The van der Waals surface area contributed by atoms with E-state index in [1.165, 1.54) is 11.3 Å². The second-order valence-electron chi connectivity index (χ2n) is 5.89. The molecule has 0 saturated heterocycles. The van der Waals surface area contributed by atoms with Crippen LogP contribution in [0.15, 0.2) is 40.5 Å². The first-order valence-electron chi connectivity index (χ1n) is 7.96. The lowest BCUT2D eigenvalue weighted by molar-refractivity contribution is -0.120. The molecule has 0 bridgehead atoms. The highest BCUT2D eigenvalue weighted by molar-refractivity contribution is 7.14. The summed E-state index contributed by atoms with van der Waals surface area (Å²) in [6.45, 7) is 2.07. The molecule has 3 rings (SSSR count). The van der Waals surface area contributed by atoms with Crippen LogP contribution in [-0.2, 0) is 11.3 Å². The number of nitriles is 1. The fourth-order valence-electron chi connectivity index (χ4n) is 2.49. The summed E-state index contributed by atoms with van der Waals surface area (Å²) in [6, 6.07) is 10.4. The maximum Gasteiger partial charge on any atom is 0.258 e. The SMILES string of the molecule is C[C@@H](C(=O)Nc1sccc1C#N)N(C)Cc1nc2ccccc2c(=O)[nH]1. The highest BCUT2D eigenvalue weighted by Crippen LogP contribution is 2.22. The van der Waals surface area contributed by atoms with Gasteiger partial charge in [-0.1, -0.05) is 12.1 Å².